The van der Waals surface area contributed by atoms with Crippen molar-refractivity contribution in [3.63, 3.8) is 0 Å². The van der Waals surface area contributed by atoms with Gasteiger partial charge in [-0.1, -0.05) is 6.07 Å². The summed E-state index contributed by atoms with van der Waals surface area (Å²) in [6, 6.07) is 12.5. The third kappa shape index (κ3) is 6.08. The highest BCUT2D eigenvalue weighted by molar-refractivity contribution is 5.95. The molecule has 2 aromatic heterocycles. The summed E-state index contributed by atoms with van der Waals surface area (Å²) in [5.74, 6) is 2.71. The molecule has 12 heteroatoms. The van der Waals surface area contributed by atoms with Crippen LogP contribution in [0, 0.1) is 17.2 Å². The van der Waals surface area contributed by atoms with E-state index in [0.29, 0.717) is 47.5 Å². The van der Waals surface area contributed by atoms with Gasteiger partial charge in [0, 0.05) is 36.4 Å². The third-order valence-corrected chi connectivity index (χ3v) is 9.50. The molecule has 2 saturated heterocycles. The molecule has 1 N–H and O–H groups in total. The maximum atomic E-state index is 12.0. The van der Waals surface area contributed by atoms with E-state index in [2.05, 4.69) is 20.5 Å². The SMILES string of the molecule is COc1cc(C#N)ccc1COc1ccnc(C23CCN(Cc4nc5c(OC(C)C)cc(C(=O)O)cc5n4C[C@@H]4CCO4)CC2C3)n1. The van der Waals surface area contributed by atoms with Gasteiger partial charge in [0.05, 0.1) is 55.1 Å². The maximum Gasteiger partial charge on any atom is 0.335 e. The van der Waals surface area contributed by atoms with Crippen LogP contribution in [0.25, 0.3) is 11.0 Å². The highest BCUT2D eigenvalue weighted by Gasteiger charge is 2.59. The predicted molar refractivity (Wildman–Crippen MR) is 171 cm³/mol. The molecule has 4 heterocycles. The largest absolute Gasteiger partial charge is 0.496 e. The topological polar surface area (TPSA) is 145 Å². The number of fused-ring (bicyclic) bond motifs is 2. The van der Waals surface area contributed by atoms with Crippen LogP contribution in [0.1, 0.15) is 66.2 Å². The van der Waals surface area contributed by atoms with Gasteiger partial charge in [-0.05, 0) is 69.8 Å². The predicted octanol–water partition coefficient (Wildman–Crippen LogP) is 4.72. The van der Waals surface area contributed by atoms with Crippen LogP contribution in [-0.2, 0) is 29.8 Å². The van der Waals surface area contributed by atoms with Crippen molar-refractivity contribution >= 4 is 17.0 Å². The average Bonchev–Trinajstić information content (AvgIpc) is 3.69. The number of aromatic nitrogens is 4. The highest BCUT2D eigenvalue weighted by atomic mass is 16.5. The molecule has 244 valence electrons. The van der Waals surface area contributed by atoms with E-state index in [9.17, 15) is 15.2 Å². The lowest BCUT2D eigenvalue weighted by Gasteiger charge is -2.31. The van der Waals surface area contributed by atoms with Crippen LogP contribution in [0.2, 0.25) is 0 Å². The average molecular weight is 639 g/mol. The molecule has 3 fully saturated rings. The van der Waals surface area contributed by atoms with Gasteiger partial charge >= 0.3 is 5.97 Å². The molecule has 1 saturated carbocycles. The molecule has 2 aromatic carbocycles. The van der Waals surface area contributed by atoms with Gasteiger partial charge in [0.15, 0.2) is 0 Å². The number of imidazole rings is 1. The Bertz CT molecular complexity index is 1860. The van der Waals surface area contributed by atoms with E-state index in [1.165, 1.54) is 0 Å². The van der Waals surface area contributed by atoms with E-state index in [4.69, 9.17) is 28.9 Å². The van der Waals surface area contributed by atoms with Gasteiger partial charge in [-0.2, -0.15) is 10.2 Å². The monoisotopic (exact) mass is 638 g/mol. The Hall–Kier alpha value is -4.73. The summed E-state index contributed by atoms with van der Waals surface area (Å²) in [6.45, 7) is 7.84. The number of rotatable bonds is 12. The molecule has 0 spiro atoms. The van der Waals surface area contributed by atoms with Crippen molar-refractivity contribution in [2.75, 3.05) is 26.8 Å². The fourth-order valence-electron chi connectivity index (χ4n) is 6.83. The number of carboxylic acid groups (broad SMARTS) is 1. The van der Waals surface area contributed by atoms with E-state index in [-0.39, 0.29) is 29.8 Å². The van der Waals surface area contributed by atoms with Gasteiger partial charge in [-0.3, -0.25) is 4.90 Å². The van der Waals surface area contributed by atoms with Crippen LogP contribution >= 0.6 is 0 Å². The molecule has 0 amide bonds. The standard InChI is InChI=1S/C35H38N6O6/c1-21(2)47-29-14-24(33(42)43)13-27-32(29)38-30(41(27)18-26-7-11-45-26)19-40-10-8-35(15-25(35)17-40)34-37-9-6-31(39-34)46-20-23-5-4-22(16-36)12-28(23)44-3/h4-6,9,12-14,21,25-26H,7-8,10-11,15,17-20H2,1-3H3,(H,42,43)/t25?,26-,35?/m0/s1. The zero-order valence-electron chi connectivity index (χ0n) is 26.8. The van der Waals surface area contributed by atoms with E-state index in [1.807, 2.05) is 19.9 Å². The fraction of sp³-hybridized carbons (Fsp3) is 0.457. The Kier molecular flexibility index (Phi) is 8.20. The van der Waals surface area contributed by atoms with Gasteiger partial charge in [-0.15, -0.1) is 0 Å². The molecule has 1 aliphatic carbocycles. The molecule has 2 unspecified atom stereocenters. The molecular formula is C35H38N6O6. The van der Waals surface area contributed by atoms with Gasteiger partial charge in [0.2, 0.25) is 5.88 Å². The molecule has 12 nitrogen and oxygen atoms in total. The lowest BCUT2D eigenvalue weighted by Crippen LogP contribution is -2.38. The van der Waals surface area contributed by atoms with Crippen molar-refractivity contribution in [2.45, 2.75) is 70.4 Å². The summed E-state index contributed by atoms with van der Waals surface area (Å²) in [4.78, 5) is 29.0. The molecule has 7 rings (SSSR count). The lowest BCUT2D eigenvalue weighted by atomic mass is 9.94. The van der Waals surface area contributed by atoms with Crippen LogP contribution < -0.4 is 14.2 Å². The number of ether oxygens (including phenoxy) is 4. The number of hydrogen-bond donors (Lipinski definition) is 1. The molecule has 47 heavy (non-hydrogen) atoms. The first kappa shape index (κ1) is 30.9. The summed E-state index contributed by atoms with van der Waals surface area (Å²) < 4.78 is 25.5. The van der Waals surface area contributed by atoms with Crippen molar-refractivity contribution in [3.8, 4) is 23.4 Å². The van der Waals surface area contributed by atoms with Gasteiger partial charge in [0.1, 0.15) is 35.3 Å². The zero-order chi connectivity index (χ0) is 32.7. The first-order chi connectivity index (χ1) is 22.8. The highest BCUT2D eigenvalue weighted by Crippen LogP contribution is 2.58. The first-order valence-corrected chi connectivity index (χ1v) is 16.1. The number of carboxylic acids is 1. The number of aromatic carboxylic acids is 1. The van der Waals surface area contributed by atoms with Crippen LogP contribution in [0.3, 0.4) is 0 Å². The maximum absolute atomic E-state index is 12.0. The number of methoxy groups -OCH3 is 1. The number of nitrogens with zero attached hydrogens (tertiary/aromatic N) is 6. The summed E-state index contributed by atoms with van der Waals surface area (Å²) in [5, 5.41) is 19.0. The van der Waals surface area contributed by atoms with Crippen molar-refractivity contribution in [1.29, 1.82) is 5.26 Å². The quantitative estimate of drug-likeness (QED) is 0.230. The van der Waals surface area contributed by atoms with Crippen molar-refractivity contribution in [2.24, 2.45) is 5.92 Å². The zero-order valence-corrected chi connectivity index (χ0v) is 26.8. The summed E-state index contributed by atoms with van der Waals surface area (Å²) in [6.07, 6.45) is 4.61. The Morgan fingerprint density at radius 3 is 2.77 bits per heavy atom. The van der Waals surface area contributed by atoms with Gasteiger partial charge in [-0.25, -0.2) is 14.8 Å². The summed E-state index contributed by atoms with van der Waals surface area (Å²) >= 11 is 0. The molecular weight excluding hydrogens is 600 g/mol. The molecule has 4 aromatic rings. The first-order valence-electron chi connectivity index (χ1n) is 16.1. The summed E-state index contributed by atoms with van der Waals surface area (Å²) in [7, 11) is 1.58. The Morgan fingerprint density at radius 1 is 1.21 bits per heavy atom. The number of carbonyl (C=O) groups is 1. The molecule has 2 aliphatic heterocycles. The molecule has 3 aliphatic rings. The minimum Gasteiger partial charge on any atom is -0.496 e. The summed E-state index contributed by atoms with van der Waals surface area (Å²) in [5.41, 5.74) is 2.91. The number of benzene rings is 2. The Labute approximate surface area is 272 Å². The Morgan fingerprint density at radius 2 is 2.06 bits per heavy atom. The van der Waals surface area contributed by atoms with E-state index < -0.39 is 5.97 Å². The van der Waals surface area contributed by atoms with Crippen molar-refractivity contribution in [1.82, 2.24) is 24.4 Å². The van der Waals surface area contributed by atoms with Crippen molar-refractivity contribution in [3.05, 3.63) is 70.9 Å². The van der Waals surface area contributed by atoms with Gasteiger partial charge < -0.3 is 28.6 Å². The van der Waals surface area contributed by atoms with E-state index >= 15 is 0 Å². The number of nitriles is 1. The molecule has 3 atom stereocenters. The van der Waals surface area contributed by atoms with Gasteiger partial charge in [0.25, 0.3) is 0 Å². The second-order valence-electron chi connectivity index (χ2n) is 12.9. The number of hydrogen-bond acceptors (Lipinski definition) is 10. The normalized spacial score (nSPS) is 21.9. The minimum absolute atomic E-state index is 0.0728. The fourth-order valence-corrected chi connectivity index (χ4v) is 6.83. The van der Waals surface area contributed by atoms with E-state index in [1.54, 1.807) is 43.6 Å². The molecule has 0 bridgehead atoms. The van der Waals surface area contributed by atoms with Crippen LogP contribution in [0.4, 0.5) is 0 Å². The third-order valence-electron chi connectivity index (χ3n) is 9.50. The second kappa shape index (κ2) is 12.5. The van der Waals surface area contributed by atoms with Crippen LogP contribution in [0.5, 0.6) is 17.4 Å². The van der Waals surface area contributed by atoms with E-state index in [0.717, 1.165) is 61.7 Å². The number of likely N-dealkylation sites (tertiary alicyclic amines) is 1. The second-order valence-corrected chi connectivity index (χ2v) is 12.9. The number of piperidine rings is 1. The van der Waals surface area contributed by atoms with Crippen LogP contribution in [0.15, 0.2) is 42.6 Å². The Balaban J connectivity index is 1.07. The molecule has 0 radical (unpaired) electrons. The van der Waals surface area contributed by atoms with Crippen LogP contribution in [-0.4, -0.2) is 74.5 Å². The lowest BCUT2D eigenvalue weighted by molar-refractivity contribution is -0.0592. The smallest absolute Gasteiger partial charge is 0.335 e. The van der Waals surface area contributed by atoms with Crippen molar-refractivity contribution < 1.29 is 28.8 Å². The minimum atomic E-state index is -0.999.